The first-order valence-corrected chi connectivity index (χ1v) is 21.6. The zero-order chi connectivity index (χ0) is 41.3. The molecular formula is C58H42N4. The molecule has 0 fully saturated rings. The quantitative estimate of drug-likeness (QED) is 0.174. The van der Waals surface area contributed by atoms with E-state index in [1.54, 1.807) is 0 Å². The summed E-state index contributed by atoms with van der Waals surface area (Å²) in [6.45, 7) is 4.71. The Morgan fingerprint density at radius 3 is 1.94 bits per heavy atom. The molecule has 1 atom stereocenters. The molecule has 0 bridgehead atoms. The zero-order valence-corrected chi connectivity index (χ0v) is 34.8. The number of hydrogen-bond acceptors (Lipinski definition) is 2. The molecule has 1 aliphatic carbocycles. The molecule has 0 radical (unpaired) electrons. The summed E-state index contributed by atoms with van der Waals surface area (Å²) >= 11 is 0. The van der Waals surface area contributed by atoms with E-state index in [4.69, 9.17) is 4.99 Å². The van der Waals surface area contributed by atoms with Crippen LogP contribution in [0.3, 0.4) is 0 Å². The Kier molecular flexibility index (Phi) is 7.31. The maximum absolute atomic E-state index is 5.79. The second-order valence-corrected chi connectivity index (χ2v) is 17.6. The zero-order valence-electron chi connectivity index (χ0n) is 34.8. The number of rotatable bonds is 4. The van der Waals surface area contributed by atoms with Crippen LogP contribution in [0.2, 0.25) is 0 Å². The molecule has 0 spiro atoms. The monoisotopic (exact) mass is 794 g/mol. The molecule has 3 heterocycles. The Morgan fingerprint density at radius 2 is 1.08 bits per heavy atom. The summed E-state index contributed by atoms with van der Waals surface area (Å²) in [7, 11) is 2.19. The Labute approximate surface area is 360 Å². The molecule has 294 valence electrons. The standard InChI is InChI=1S/C58H42N4/c1-58(2)48-22-12-9-19-42(48)43-29-25-39(35-49(43)58)56-45-21-11-13-23-50(45)60(3)57(59-56)62-53-31-28-38(34-47(53)55-41-18-8-7-15-36(41)26-32-54(55)62)37-27-30-52-46(33-37)44-20-10-14-24-51(44)61(52)40-16-5-4-6-17-40/h4-35,57H,1-3H3. The smallest absolute Gasteiger partial charge is 0.203 e. The van der Waals surface area contributed by atoms with Crippen LogP contribution in [-0.4, -0.2) is 21.9 Å². The van der Waals surface area contributed by atoms with Crippen molar-refractivity contribution in [1.82, 2.24) is 9.13 Å². The number of aliphatic imine (C=N–C) groups is 1. The van der Waals surface area contributed by atoms with E-state index < -0.39 is 0 Å². The minimum atomic E-state index is -0.328. The molecule has 0 saturated carbocycles. The van der Waals surface area contributed by atoms with Gasteiger partial charge in [-0.1, -0.05) is 147 Å². The van der Waals surface area contributed by atoms with Crippen molar-refractivity contribution in [2.75, 3.05) is 11.9 Å². The van der Waals surface area contributed by atoms with E-state index in [0.29, 0.717) is 0 Å². The molecule has 1 unspecified atom stereocenters. The van der Waals surface area contributed by atoms with Crippen LogP contribution in [0.4, 0.5) is 5.69 Å². The minimum Gasteiger partial charge on any atom is -0.335 e. The van der Waals surface area contributed by atoms with Gasteiger partial charge in [0.15, 0.2) is 0 Å². The average Bonchev–Trinajstić information content (AvgIpc) is 3.92. The van der Waals surface area contributed by atoms with E-state index in [2.05, 4.69) is 229 Å². The SMILES string of the molecule is CN1c2ccccc2C(c2ccc3c(c2)C(C)(C)c2ccccc2-3)=NC1n1c2ccc(-c3ccc4c(c3)c3ccccc3n4-c3ccccc3)cc2c2c3ccccc3ccc21. The van der Waals surface area contributed by atoms with E-state index in [1.807, 2.05) is 0 Å². The number of aromatic nitrogens is 2. The second-order valence-electron chi connectivity index (χ2n) is 17.6. The van der Waals surface area contributed by atoms with Crippen molar-refractivity contribution < 1.29 is 0 Å². The molecule has 0 amide bonds. The van der Waals surface area contributed by atoms with Crippen LogP contribution in [0.5, 0.6) is 0 Å². The Bertz CT molecular complexity index is 3690. The molecule has 9 aromatic carbocycles. The molecule has 0 N–H and O–H groups in total. The lowest BCUT2D eigenvalue weighted by Gasteiger charge is -2.36. The summed E-state index contributed by atoms with van der Waals surface area (Å²) in [6, 6.07) is 71.5. The van der Waals surface area contributed by atoms with Crippen LogP contribution < -0.4 is 4.90 Å². The maximum Gasteiger partial charge on any atom is 0.203 e. The number of hydrogen-bond donors (Lipinski definition) is 0. The third-order valence-corrected chi connectivity index (χ3v) is 13.9. The van der Waals surface area contributed by atoms with Crippen LogP contribution >= 0.6 is 0 Å². The Hall–Kier alpha value is -7.69. The fourth-order valence-electron chi connectivity index (χ4n) is 10.9. The molecule has 4 heteroatoms. The number of nitrogens with zero attached hydrogens (tertiary/aromatic N) is 4. The highest BCUT2D eigenvalue weighted by atomic mass is 15.4. The van der Waals surface area contributed by atoms with Crippen LogP contribution in [0.1, 0.15) is 42.4 Å². The first kappa shape index (κ1) is 35.1. The fourth-order valence-corrected chi connectivity index (χ4v) is 10.9. The van der Waals surface area contributed by atoms with Gasteiger partial charge in [0.1, 0.15) is 0 Å². The summed E-state index contributed by atoms with van der Waals surface area (Å²) in [5, 5.41) is 7.45. The number of anilines is 1. The third kappa shape index (κ3) is 4.86. The van der Waals surface area contributed by atoms with Crippen molar-refractivity contribution in [3.8, 4) is 27.9 Å². The highest BCUT2D eigenvalue weighted by molar-refractivity contribution is 6.22. The lowest BCUT2D eigenvalue weighted by molar-refractivity contribution is 0.540. The molecule has 1 aliphatic heterocycles. The van der Waals surface area contributed by atoms with Gasteiger partial charge in [-0.2, -0.15) is 0 Å². The van der Waals surface area contributed by atoms with Crippen LogP contribution in [0.25, 0.3) is 82.3 Å². The van der Waals surface area contributed by atoms with Gasteiger partial charge in [-0.05, 0) is 105 Å². The van der Waals surface area contributed by atoms with Gasteiger partial charge in [0.25, 0.3) is 0 Å². The van der Waals surface area contributed by atoms with Gasteiger partial charge in [0, 0.05) is 56.5 Å². The number of para-hydroxylation sites is 3. The topological polar surface area (TPSA) is 25.5 Å². The number of fused-ring (bicyclic) bond motifs is 12. The van der Waals surface area contributed by atoms with E-state index in [1.165, 1.54) is 93.6 Å². The van der Waals surface area contributed by atoms with Crippen molar-refractivity contribution in [2.45, 2.75) is 25.6 Å². The lowest BCUT2D eigenvalue weighted by Crippen LogP contribution is -2.33. The lowest BCUT2D eigenvalue weighted by atomic mass is 9.81. The van der Waals surface area contributed by atoms with Gasteiger partial charge in [-0.25, -0.2) is 4.99 Å². The molecular weight excluding hydrogens is 753 g/mol. The van der Waals surface area contributed by atoms with Gasteiger partial charge in [0.05, 0.1) is 27.8 Å². The average molecular weight is 795 g/mol. The summed E-state index contributed by atoms with van der Waals surface area (Å²) in [5.74, 6) is 0. The summed E-state index contributed by atoms with van der Waals surface area (Å²) < 4.78 is 4.86. The summed E-state index contributed by atoms with van der Waals surface area (Å²) in [4.78, 5) is 8.15. The molecule has 2 aromatic heterocycles. The second kappa shape index (κ2) is 12.9. The van der Waals surface area contributed by atoms with Gasteiger partial charge < -0.3 is 14.0 Å². The first-order chi connectivity index (χ1) is 30.4. The Balaban J connectivity index is 1.02. The van der Waals surface area contributed by atoms with Gasteiger partial charge >= 0.3 is 0 Å². The van der Waals surface area contributed by atoms with E-state index >= 15 is 0 Å². The van der Waals surface area contributed by atoms with Crippen LogP contribution in [-0.2, 0) is 5.41 Å². The molecule has 13 rings (SSSR count). The first-order valence-electron chi connectivity index (χ1n) is 21.6. The molecule has 4 nitrogen and oxygen atoms in total. The minimum absolute atomic E-state index is 0.109. The van der Waals surface area contributed by atoms with Crippen molar-refractivity contribution in [2.24, 2.45) is 4.99 Å². The van der Waals surface area contributed by atoms with E-state index in [-0.39, 0.29) is 11.7 Å². The molecule has 2 aliphatic rings. The van der Waals surface area contributed by atoms with Crippen molar-refractivity contribution in [3.05, 3.63) is 216 Å². The fraction of sp³-hybridized carbons (Fsp3) is 0.0862. The normalized spacial score (nSPS) is 15.4. The van der Waals surface area contributed by atoms with Crippen molar-refractivity contribution >= 4 is 65.8 Å². The maximum atomic E-state index is 5.79. The van der Waals surface area contributed by atoms with Crippen LogP contribution in [0, 0.1) is 0 Å². The summed E-state index contributed by atoms with van der Waals surface area (Å²) in [5.41, 5.74) is 18.1. The van der Waals surface area contributed by atoms with E-state index in [0.717, 1.165) is 22.4 Å². The highest BCUT2D eigenvalue weighted by Crippen LogP contribution is 2.50. The van der Waals surface area contributed by atoms with Crippen molar-refractivity contribution in [1.29, 1.82) is 0 Å². The van der Waals surface area contributed by atoms with Crippen molar-refractivity contribution in [3.63, 3.8) is 0 Å². The predicted octanol–water partition coefficient (Wildman–Crippen LogP) is 14.5. The van der Waals surface area contributed by atoms with Gasteiger partial charge in [0.2, 0.25) is 6.29 Å². The third-order valence-electron chi connectivity index (χ3n) is 13.9. The largest absolute Gasteiger partial charge is 0.335 e. The molecule has 0 saturated heterocycles. The van der Waals surface area contributed by atoms with Gasteiger partial charge in [-0.3, -0.25) is 0 Å². The van der Waals surface area contributed by atoms with Crippen LogP contribution in [0.15, 0.2) is 199 Å². The van der Waals surface area contributed by atoms with Gasteiger partial charge in [-0.15, -0.1) is 0 Å². The van der Waals surface area contributed by atoms with E-state index in [9.17, 15) is 0 Å². The molecule has 62 heavy (non-hydrogen) atoms. The highest BCUT2D eigenvalue weighted by Gasteiger charge is 2.37. The molecule has 11 aromatic rings. The summed E-state index contributed by atoms with van der Waals surface area (Å²) in [6.07, 6.45) is -0.328. The number of benzene rings is 9. The predicted molar refractivity (Wildman–Crippen MR) is 260 cm³/mol. The Morgan fingerprint density at radius 1 is 0.452 bits per heavy atom.